The number of nitrogens with zero attached hydrogens (tertiary/aromatic N) is 2. The minimum absolute atomic E-state index is 0.357. The SMILES string of the molecule is OC(COc1ccc(C23CC4CC(CC(C4)C2)C3)cc1)CN1CCN(c2ccccc2)CC1. The van der Waals surface area contributed by atoms with Crippen LogP contribution in [-0.2, 0) is 5.41 Å². The van der Waals surface area contributed by atoms with Crippen LogP contribution in [0.4, 0.5) is 5.69 Å². The maximum atomic E-state index is 10.6. The predicted molar refractivity (Wildman–Crippen MR) is 133 cm³/mol. The molecule has 5 fully saturated rings. The summed E-state index contributed by atoms with van der Waals surface area (Å²) in [4.78, 5) is 4.77. The molecule has 1 saturated heterocycles. The molecule has 0 aromatic heterocycles. The minimum Gasteiger partial charge on any atom is -0.491 e. The van der Waals surface area contributed by atoms with Crippen molar-refractivity contribution < 1.29 is 9.84 Å². The summed E-state index contributed by atoms with van der Waals surface area (Å²) in [7, 11) is 0. The van der Waals surface area contributed by atoms with Crippen molar-refractivity contribution in [3.8, 4) is 5.75 Å². The van der Waals surface area contributed by atoms with E-state index in [0.29, 0.717) is 18.6 Å². The molecule has 5 aliphatic rings. The molecule has 7 rings (SSSR count). The zero-order chi connectivity index (χ0) is 22.3. The van der Waals surface area contributed by atoms with Gasteiger partial charge in [0.25, 0.3) is 0 Å². The van der Waals surface area contributed by atoms with E-state index in [4.69, 9.17) is 4.74 Å². The van der Waals surface area contributed by atoms with Gasteiger partial charge in [-0.1, -0.05) is 30.3 Å². The van der Waals surface area contributed by atoms with Crippen LogP contribution in [-0.4, -0.2) is 55.4 Å². The van der Waals surface area contributed by atoms with Gasteiger partial charge in [0.15, 0.2) is 0 Å². The van der Waals surface area contributed by atoms with Gasteiger partial charge >= 0.3 is 0 Å². The molecule has 2 aromatic carbocycles. The Morgan fingerprint density at radius 2 is 1.42 bits per heavy atom. The number of hydrogen-bond donors (Lipinski definition) is 1. The fourth-order valence-electron chi connectivity index (χ4n) is 7.74. The maximum absolute atomic E-state index is 10.6. The normalized spacial score (nSPS) is 32.2. The predicted octanol–water partition coefficient (Wildman–Crippen LogP) is 4.72. The molecule has 4 aliphatic carbocycles. The van der Waals surface area contributed by atoms with Crippen LogP contribution in [0.15, 0.2) is 54.6 Å². The van der Waals surface area contributed by atoms with Gasteiger partial charge in [0, 0.05) is 38.4 Å². The van der Waals surface area contributed by atoms with Gasteiger partial charge in [-0.05, 0) is 91.5 Å². The smallest absolute Gasteiger partial charge is 0.119 e. The van der Waals surface area contributed by atoms with E-state index in [2.05, 4.69) is 64.4 Å². The van der Waals surface area contributed by atoms with E-state index in [-0.39, 0.29) is 0 Å². The Morgan fingerprint density at radius 1 is 0.818 bits per heavy atom. The lowest BCUT2D eigenvalue weighted by Gasteiger charge is -2.57. The van der Waals surface area contributed by atoms with Gasteiger partial charge < -0.3 is 14.7 Å². The maximum Gasteiger partial charge on any atom is 0.119 e. The second-order valence-corrected chi connectivity index (χ2v) is 11.3. The van der Waals surface area contributed by atoms with Crippen molar-refractivity contribution in [3.05, 3.63) is 60.2 Å². The number of para-hydroxylation sites is 1. The van der Waals surface area contributed by atoms with Crippen LogP contribution in [0, 0.1) is 17.8 Å². The van der Waals surface area contributed by atoms with Gasteiger partial charge in [0.2, 0.25) is 0 Å². The van der Waals surface area contributed by atoms with Crippen LogP contribution in [0.3, 0.4) is 0 Å². The zero-order valence-electron chi connectivity index (χ0n) is 19.7. The van der Waals surface area contributed by atoms with Crippen LogP contribution >= 0.6 is 0 Å². The second-order valence-electron chi connectivity index (χ2n) is 11.3. The molecule has 33 heavy (non-hydrogen) atoms. The molecule has 0 spiro atoms. The van der Waals surface area contributed by atoms with Crippen molar-refractivity contribution in [1.29, 1.82) is 0 Å². The first kappa shape index (κ1) is 21.5. The third-order valence-electron chi connectivity index (χ3n) is 8.91. The largest absolute Gasteiger partial charge is 0.491 e. The summed E-state index contributed by atoms with van der Waals surface area (Å²) in [5.74, 6) is 3.79. The lowest BCUT2D eigenvalue weighted by molar-refractivity contribution is -0.00522. The van der Waals surface area contributed by atoms with E-state index in [1.54, 1.807) is 0 Å². The average molecular weight is 447 g/mol. The summed E-state index contributed by atoms with van der Waals surface area (Å²) < 4.78 is 5.99. The Bertz CT molecular complexity index is 885. The molecule has 1 unspecified atom stereocenters. The molecule has 4 heteroatoms. The Kier molecular flexibility index (Phi) is 5.83. The number of ether oxygens (including phenoxy) is 1. The van der Waals surface area contributed by atoms with Gasteiger partial charge in [-0.3, -0.25) is 4.90 Å². The van der Waals surface area contributed by atoms with Crippen molar-refractivity contribution >= 4 is 5.69 Å². The first-order valence-corrected chi connectivity index (χ1v) is 13.1. The number of aliphatic hydroxyl groups is 1. The highest BCUT2D eigenvalue weighted by atomic mass is 16.5. The average Bonchev–Trinajstić information content (AvgIpc) is 2.83. The first-order valence-electron chi connectivity index (χ1n) is 13.1. The number of hydrogen-bond acceptors (Lipinski definition) is 4. The van der Waals surface area contributed by atoms with Crippen LogP contribution in [0.1, 0.15) is 44.1 Å². The van der Waals surface area contributed by atoms with Crippen molar-refractivity contribution in [3.63, 3.8) is 0 Å². The van der Waals surface area contributed by atoms with Crippen molar-refractivity contribution in [2.45, 2.75) is 50.0 Å². The van der Waals surface area contributed by atoms with Crippen LogP contribution in [0.25, 0.3) is 0 Å². The summed E-state index contributed by atoms with van der Waals surface area (Å²) in [6.07, 6.45) is 8.19. The Morgan fingerprint density at radius 3 is 2.03 bits per heavy atom. The minimum atomic E-state index is -0.462. The molecule has 176 valence electrons. The van der Waals surface area contributed by atoms with E-state index < -0.39 is 6.10 Å². The molecule has 0 radical (unpaired) electrons. The van der Waals surface area contributed by atoms with E-state index in [0.717, 1.165) is 49.7 Å². The second kappa shape index (κ2) is 8.96. The van der Waals surface area contributed by atoms with Crippen molar-refractivity contribution in [2.24, 2.45) is 17.8 Å². The molecule has 4 saturated carbocycles. The molecule has 1 N–H and O–H groups in total. The quantitative estimate of drug-likeness (QED) is 0.668. The summed E-state index contributed by atoms with van der Waals surface area (Å²) >= 11 is 0. The van der Waals surface area contributed by atoms with Gasteiger partial charge in [-0.2, -0.15) is 0 Å². The lowest BCUT2D eigenvalue weighted by atomic mass is 9.48. The number of aliphatic hydroxyl groups excluding tert-OH is 1. The molecule has 2 aromatic rings. The van der Waals surface area contributed by atoms with Gasteiger partial charge in [-0.25, -0.2) is 0 Å². The summed E-state index contributed by atoms with van der Waals surface area (Å²) in [5.41, 5.74) is 3.26. The molecule has 1 heterocycles. The Balaban J connectivity index is 0.980. The molecule has 0 amide bonds. The van der Waals surface area contributed by atoms with Gasteiger partial charge in [0.05, 0.1) is 0 Å². The summed E-state index contributed by atoms with van der Waals surface area (Å²) in [6, 6.07) is 19.5. The van der Waals surface area contributed by atoms with Gasteiger partial charge in [0.1, 0.15) is 18.5 Å². The first-order chi connectivity index (χ1) is 16.1. The van der Waals surface area contributed by atoms with Crippen molar-refractivity contribution in [1.82, 2.24) is 4.90 Å². The van der Waals surface area contributed by atoms with Gasteiger partial charge in [-0.15, -0.1) is 0 Å². The van der Waals surface area contributed by atoms with E-state index in [1.807, 2.05) is 0 Å². The number of rotatable bonds is 7. The van der Waals surface area contributed by atoms with Crippen molar-refractivity contribution in [2.75, 3.05) is 44.2 Å². The zero-order valence-corrected chi connectivity index (χ0v) is 19.7. The monoisotopic (exact) mass is 446 g/mol. The molecule has 4 nitrogen and oxygen atoms in total. The van der Waals surface area contributed by atoms with Crippen LogP contribution in [0.5, 0.6) is 5.75 Å². The highest BCUT2D eigenvalue weighted by Gasteiger charge is 2.51. The Labute approximate surface area is 198 Å². The van der Waals surface area contributed by atoms with E-state index in [9.17, 15) is 5.11 Å². The third-order valence-corrected chi connectivity index (χ3v) is 8.91. The van der Waals surface area contributed by atoms with Crippen LogP contribution in [0.2, 0.25) is 0 Å². The molecule has 4 bridgehead atoms. The van der Waals surface area contributed by atoms with Crippen LogP contribution < -0.4 is 9.64 Å². The topological polar surface area (TPSA) is 35.9 Å². The molecular weight excluding hydrogens is 408 g/mol. The standard InChI is InChI=1S/C29H38N2O2/c32-27(20-30-10-12-31(13-11-30)26-4-2-1-3-5-26)21-33-28-8-6-25(7-9-28)29-17-22-14-23(18-29)16-24(15-22)19-29/h1-9,22-24,27,32H,10-21H2. The Hall–Kier alpha value is -2.04. The molecule has 1 atom stereocenters. The highest BCUT2D eigenvalue weighted by Crippen LogP contribution is 2.60. The number of β-amino-alcohol motifs (C(OH)–C–C–N with tert-alkyl or cyclic N) is 1. The van der Waals surface area contributed by atoms with E-state index >= 15 is 0 Å². The molecular formula is C29H38N2O2. The summed E-state index contributed by atoms with van der Waals surface area (Å²) in [5, 5.41) is 10.6. The number of piperazine rings is 1. The molecule has 1 aliphatic heterocycles. The highest BCUT2D eigenvalue weighted by molar-refractivity contribution is 5.46. The lowest BCUT2D eigenvalue weighted by Crippen LogP contribution is -2.49. The number of benzene rings is 2. The van der Waals surface area contributed by atoms with E-state index in [1.165, 1.54) is 49.8 Å². The number of anilines is 1. The fraction of sp³-hybridized carbons (Fsp3) is 0.586. The fourth-order valence-corrected chi connectivity index (χ4v) is 7.74. The summed E-state index contributed by atoms with van der Waals surface area (Å²) in [6.45, 7) is 4.99. The third kappa shape index (κ3) is 4.52.